The summed E-state index contributed by atoms with van der Waals surface area (Å²) in [5.41, 5.74) is -0.776. The number of hydrogen-bond donors (Lipinski definition) is 1. The van der Waals surface area contributed by atoms with Crippen LogP contribution in [0.4, 0.5) is 28.1 Å². The summed E-state index contributed by atoms with van der Waals surface area (Å²) in [6, 6.07) is 24.6. The van der Waals surface area contributed by atoms with E-state index in [1.54, 1.807) is 75.6 Å². The maximum atomic E-state index is 14.2. The fourth-order valence-corrected chi connectivity index (χ4v) is 14.6. The molecule has 6 aromatic rings. The number of carbonyl (C=O) groups excluding carboxylic acids is 3. The van der Waals surface area contributed by atoms with Crippen LogP contribution in [0, 0.1) is 0 Å². The Kier molecular flexibility index (Phi) is 17.4. The highest BCUT2D eigenvalue weighted by molar-refractivity contribution is 9.10. The van der Waals surface area contributed by atoms with Gasteiger partial charge in [-0.25, -0.2) is 41.4 Å². The number of piperazine rings is 2. The fourth-order valence-electron chi connectivity index (χ4n) is 9.81. The van der Waals surface area contributed by atoms with E-state index < -0.39 is 42.8 Å². The number of halogens is 6. The molecule has 4 aliphatic heterocycles. The summed E-state index contributed by atoms with van der Waals surface area (Å²) in [7, 11) is -8.03. The molecule has 0 unspecified atom stereocenters. The van der Waals surface area contributed by atoms with Crippen LogP contribution in [-0.4, -0.2) is 125 Å². The summed E-state index contributed by atoms with van der Waals surface area (Å²) in [5, 5.41) is 4.38. The van der Waals surface area contributed by atoms with Gasteiger partial charge in [-0.1, -0.05) is 110 Å². The van der Waals surface area contributed by atoms with Gasteiger partial charge in [0.05, 0.1) is 23.8 Å². The number of rotatable bonds is 10. The standard InChI is InChI=1S/C28H30BrCl2N5O5S.C23H22BrCl2N5O3S.CH4/c1-27(2,3)41-26(38)33-9-11-34(12-10-33)42(39,40)23-17-32-25-35(22-14-20(30)13-21(31)15-22)24(37)28(4,36(23)25)16-18-5-7-19(29)8-6-18;1-23(13-15-2-4-16(24)5-3-15)21(32)30(19-11-17(25)10-18(26)12-19)22-28-14-20(31(22)23)35(33,34)29-8-6-27-7-9-29;/h5-8,13-15,17H,9-12,16H2,1-4H3;2-5,10-12,14,27H,6-9,13H2,1H3;1H4/t28-;23-;/m11./s1. The summed E-state index contributed by atoms with van der Waals surface area (Å²) in [6.07, 6.45) is 2.57. The summed E-state index contributed by atoms with van der Waals surface area (Å²) in [6.45, 7) is 11.0. The van der Waals surface area contributed by atoms with Gasteiger partial charge in [-0.15, -0.1) is 0 Å². The number of sulfonamides is 2. The minimum Gasteiger partial charge on any atom is -0.444 e. The van der Waals surface area contributed by atoms with Gasteiger partial charge in [-0.3, -0.25) is 18.7 Å². The number of amides is 3. The van der Waals surface area contributed by atoms with Gasteiger partial charge in [-0.2, -0.15) is 8.61 Å². The van der Waals surface area contributed by atoms with Crippen LogP contribution < -0.4 is 15.1 Å². The van der Waals surface area contributed by atoms with E-state index in [1.165, 1.54) is 40.3 Å². The lowest BCUT2D eigenvalue weighted by molar-refractivity contribution is -0.124. The number of carbonyl (C=O) groups is 3. The molecule has 2 fully saturated rings. The zero-order chi connectivity index (χ0) is 55.6. The largest absolute Gasteiger partial charge is 0.444 e. The van der Waals surface area contributed by atoms with E-state index in [9.17, 15) is 31.2 Å². The molecule has 0 spiro atoms. The van der Waals surface area contributed by atoms with E-state index in [2.05, 4.69) is 47.1 Å². The molecule has 3 amide bonds. The molecular formula is C52H56Br2Cl4N10O8S2. The number of ether oxygens (including phenoxy) is 1. The van der Waals surface area contributed by atoms with Crippen LogP contribution in [-0.2, 0) is 58.3 Å². The number of benzene rings is 4. The highest BCUT2D eigenvalue weighted by atomic mass is 79.9. The minimum absolute atomic E-state index is 0. The van der Waals surface area contributed by atoms with Crippen molar-refractivity contribution in [2.24, 2.45) is 0 Å². The van der Waals surface area contributed by atoms with Gasteiger partial charge in [-0.05, 0) is 106 Å². The van der Waals surface area contributed by atoms with Crippen LogP contribution in [0.3, 0.4) is 0 Å². The normalized spacial score (nSPS) is 20.0. The number of imidazole rings is 2. The second-order valence-corrected chi connectivity index (χ2v) is 27.5. The predicted molar refractivity (Wildman–Crippen MR) is 310 cm³/mol. The first kappa shape index (κ1) is 59.5. The van der Waals surface area contributed by atoms with Crippen LogP contribution in [0.2, 0.25) is 20.1 Å². The van der Waals surface area contributed by atoms with E-state index in [0.29, 0.717) is 57.6 Å². The molecule has 4 aliphatic rings. The van der Waals surface area contributed by atoms with Crippen molar-refractivity contribution >= 4 is 139 Å². The Morgan fingerprint density at radius 3 is 1.33 bits per heavy atom. The first-order valence-corrected chi connectivity index (χ1v) is 30.1. The first-order valence-electron chi connectivity index (χ1n) is 24.2. The average Bonchev–Trinajstić information content (AvgIpc) is 4.22. The van der Waals surface area contributed by atoms with Crippen molar-refractivity contribution in [3.8, 4) is 0 Å². The summed E-state index contributed by atoms with van der Waals surface area (Å²) in [5.74, 6) is -0.345. The maximum absolute atomic E-state index is 14.2. The van der Waals surface area contributed by atoms with E-state index in [-0.39, 0.29) is 80.2 Å². The molecule has 6 heterocycles. The number of nitrogens with zero attached hydrogens (tertiary/aromatic N) is 9. The summed E-state index contributed by atoms with van der Waals surface area (Å²) < 4.78 is 68.6. The molecule has 0 saturated carbocycles. The molecule has 2 aromatic heterocycles. The number of hydrogen-bond acceptors (Lipinski definition) is 11. The molecule has 1 N–H and O–H groups in total. The van der Waals surface area contributed by atoms with Crippen LogP contribution in [0.5, 0.6) is 0 Å². The van der Waals surface area contributed by atoms with Gasteiger partial charge in [0.2, 0.25) is 11.9 Å². The topological polar surface area (TPSA) is 193 Å². The van der Waals surface area contributed by atoms with Gasteiger partial charge in [0.15, 0.2) is 10.1 Å². The summed E-state index contributed by atoms with van der Waals surface area (Å²) >= 11 is 31.9. The molecule has 10 rings (SSSR count). The smallest absolute Gasteiger partial charge is 0.410 e. The number of anilines is 4. The molecule has 0 aliphatic carbocycles. The monoisotopic (exact) mass is 1310 g/mol. The molecule has 416 valence electrons. The van der Waals surface area contributed by atoms with Crippen LogP contribution in [0.1, 0.15) is 53.2 Å². The highest BCUT2D eigenvalue weighted by Gasteiger charge is 2.54. The lowest BCUT2D eigenvalue weighted by Gasteiger charge is -2.35. The Labute approximate surface area is 490 Å². The van der Waals surface area contributed by atoms with Crippen molar-refractivity contribution in [1.29, 1.82) is 0 Å². The Bertz CT molecular complexity index is 3480. The molecule has 4 aromatic carbocycles. The molecule has 0 radical (unpaired) electrons. The number of nitrogens with one attached hydrogen (secondary N) is 1. The molecule has 2 saturated heterocycles. The third-order valence-electron chi connectivity index (χ3n) is 13.4. The van der Waals surface area contributed by atoms with E-state index in [1.807, 2.05) is 48.5 Å². The van der Waals surface area contributed by atoms with Gasteiger partial charge in [0, 0.05) is 94.2 Å². The second-order valence-electron chi connectivity index (χ2n) is 20.2. The predicted octanol–water partition coefficient (Wildman–Crippen LogP) is 10.6. The van der Waals surface area contributed by atoms with Crippen molar-refractivity contribution in [2.45, 2.75) is 81.6 Å². The average molecular weight is 1310 g/mol. The van der Waals surface area contributed by atoms with Gasteiger partial charge < -0.3 is 15.0 Å². The fraction of sp³-hybridized carbons (Fsp3) is 0.365. The third kappa shape index (κ3) is 11.6. The molecule has 0 bridgehead atoms. The van der Waals surface area contributed by atoms with Gasteiger partial charge >= 0.3 is 6.09 Å². The Balaban J connectivity index is 0.000000206. The van der Waals surface area contributed by atoms with E-state index in [4.69, 9.17) is 51.1 Å². The van der Waals surface area contributed by atoms with Gasteiger partial charge in [0.25, 0.3) is 31.9 Å². The van der Waals surface area contributed by atoms with E-state index >= 15 is 0 Å². The Morgan fingerprint density at radius 1 is 0.615 bits per heavy atom. The molecule has 78 heavy (non-hydrogen) atoms. The van der Waals surface area contributed by atoms with Crippen molar-refractivity contribution < 1.29 is 36.0 Å². The van der Waals surface area contributed by atoms with Crippen LogP contribution in [0.15, 0.2) is 116 Å². The quantitative estimate of drug-likeness (QED) is 0.137. The van der Waals surface area contributed by atoms with Crippen molar-refractivity contribution in [2.75, 3.05) is 62.2 Å². The Hall–Kier alpha value is -4.59. The number of fused-ring (bicyclic) bond motifs is 2. The molecule has 18 nitrogen and oxygen atoms in total. The van der Waals surface area contributed by atoms with Crippen LogP contribution in [0.25, 0.3) is 0 Å². The van der Waals surface area contributed by atoms with Gasteiger partial charge in [0.1, 0.15) is 16.7 Å². The summed E-state index contributed by atoms with van der Waals surface area (Å²) in [4.78, 5) is 53.9. The number of aromatic nitrogens is 4. The zero-order valence-corrected chi connectivity index (χ0v) is 50.0. The first-order chi connectivity index (χ1) is 36.2. The molecule has 2 atom stereocenters. The third-order valence-corrected chi connectivity index (χ3v) is 19.1. The zero-order valence-electron chi connectivity index (χ0n) is 42.2. The van der Waals surface area contributed by atoms with Crippen molar-refractivity contribution in [3.63, 3.8) is 0 Å². The Morgan fingerprint density at radius 2 is 0.974 bits per heavy atom. The van der Waals surface area contributed by atoms with Crippen LogP contribution >= 0.6 is 78.3 Å². The lowest BCUT2D eigenvalue weighted by Crippen LogP contribution is -2.52. The SMILES string of the molecule is C.CC(C)(C)OC(=O)N1CCN(S(=O)(=O)c2cnc3n2[C@](C)(Cc2ccc(Br)cc2)C(=O)N3c2cc(Cl)cc(Cl)c2)CC1.C[C@@]1(Cc2ccc(Br)cc2)C(=O)N(c2cc(Cl)cc(Cl)c2)c2ncc(S(=O)(=O)N3CCNCC3)n21. The maximum Gasteiger partial charge on any atom is 0.410 e. The highest BCUT2D eigenvalue weighted by Crippen LogP contribution is 2.47. The van der Waals surface area contributed by atoms with E-state index in [0.717, 1.165) is 20.1 Å². The lowest BCUT2D eigenvalue weighted by atomic mass is 9.92. The molecular weight excluding hydrogens is 1260 g/mol. The minimum atomic E-state index is -4.13. The van der Waals surface area contributed by atoms with Crippen molar-refractivity contribution in [3.05, 3.63) is 137 Å². The second kappa shape index (κ2) is 22.7. The van der Waals surface area contributed by atoms with Crippen molar-refractivity contribution in [1.82, 2.24) is 37.9 Å². The molecule has 26 heteroatoms.